The Hall–Kier alpha value is -1.81. The molecule has 17 heavy (non-hydrogen) atoms. The van der Waals surface area contributed by atoms with Crippen molar-refractivity contribution in [1.29, 1.82) is 0 Å². The molecule has 0 bridgehead atoms. The number of rotatable bonds is 0. The van der Waals surface area contributed by atoms with Crippen LogP contribution in [-0.2, 0) is 4.79 Å². The number of carbonyl (C=O) groups excluding carboxylic acids is 2. The number of amides is 1. The Balaban J connectivity index is 2.31. The third kappa shape index (κ3) is 1.61. The summed E-state index contributed by atoms with van der Waals surface area (Å²) in [6.45, 7) is 0. The molecule has 1 aliphatic rings. The molecule has 3 rings (SSSR count). The molecule has 0 fully saturated rings. The second-order valence-corrected chi connectivity index (χ2v) is 4.35. The van der Waals surface area contributed by atoms with E-state index in [0.29, 0.717) is 21.7 Å². The van der Waals surface area contributed by atoms with Crippen LogP contribution in [0.4, 0.5) is 5.69 Å². The van der Waals surface area contributed by atoms with Crippen LogP contribution in [0.5, 0.6) is 0 Å². The molecule has 1 aromatic carbocycles. The van der Waals surface area contributed by atoms with Crippen molar-refractivity contribution in [3.8, 4) is 0 Å². The van der Waals surface area contributed by atoms with Crippen LogP contribution in [0.25, 0.3) is 11.0 Å². The topological polar surface area (TPSA) is 59.3 Å². The van der Waals surface area contributed by atoms with Gasteiger partial charge in [0.05, 0.1) is 5.69 Å². The molecule has 0 spiro atoms. The van der Waals surface area contributed by atoms with E-state index in [1.807, 2.05) is 0 Å². The molecule has 0 saturated carbocycles. The Kier molecular flexibility index (Phi) is 2.19. The smallest absolute Gasteiger partial charge is 0.224 e. The third-order valence-corrected chi connectivity index (χ3v) is 2.98. The SMILES string of the molecule is O=C1CCC(=O)c2oc3ccc(Cl)cc3c2N1. The van der Waals surface area contributed by atoms with Gasteiger partial charge >= 0.3 is 0 Å². The maximum atomic E-state index is 11.8. The lowest BCUT2D eigenvalue weighted by molar-refractivity contribution is -0.116. The summed E-state index contributed by atoms with van der Waals surface area (Å²) in [5, 5.41) is 3.89. The van der Waals surface area contributed by atoms with Gasteiger partial charge in [-0.3, -0.25) is 9.59 Å². The highest BCUT2D eigenvalue weighted by Gasteiger charge is 2.25. The highest BCUT2D eigenvalue weighted by Crippen LogP contribution is 2.35. The molecule has 0 aliphatic carbocycles. The number of hydrogen-bond acceptors (Lipinski definition) is 3. The standard InChI is InChI=1S/C12H8ClNO3/c13-6-1-3-9-7(5-6)11-12(17-9)8(15)2-4-10(16)14-11/h1,3,5H,2,4H2,(H,14,16). The minimum Gasteiger partial charge on any atom is -0.451 e. The van der Waals surface area contributed by atoms with Crippen LogP contribution >= 0.6 is 11.6 Å². The van der Waals surface area contributed by atoms with Crippen LogP contribution in [0, 0.1) is 0 Å². The van der Waals surface area contributed by atoms with E-state index in [1.54, 1.807) is 18.2 Å². The van der Waals surface area contributed by atoms with Crippen molar-refractivity contribution in [3.63, 3.8) is 0 Å². The quantitative estimate of drug-likeness (QED) is 0.781. The van der Waals surface area contributed by atoms with Crippen LogP contribution in [-0.4, -0.2) is 11.7 Å². The summed E-state index contributed by atoms with van der Waals surface area (Å²) < 4.78 is 5.46. The molecule has 1 aromatic heterocycles. The van der Waals surface area contributed by atoms with Crippen LogP contribution in [0.1, 0.15) is 23.4 Å². The number of ketones is 1. The molecule has 4 nitrogen and oxygen atoms in total. The fourth-order valence-corrected chi connectivity index (χ4v) is 2.10. The number of nitrogens with one attached hydrogen (secondary N) is 1. The third-order valence-electron chi connectivity index (χ3n) is 2.75. The number of Topliss-reactive ketones (excluding diaryl/α,β-unsaturated/α-hetero) is 1. The fourth-order valence-electron chi connectivity index (χ4n) is 1.93. The highest BCUT2D eigenvalue weighted by atomic mass is 35.5. The predicted octanol–water partition coefficient (Wildman–Crippen LogP) is 3.00. The van der Waals surface area contributed by atoms with Gasteiger partial charge in [0, 0.05) is 23.3 Å². The van der Waals surface area contributed by atoms with Gasteiger partial charge in [0.1, 0.15) is 5.58 Å². The molecule has 5 heteroatoms. The second-order valence-electron chi connectivity index (χ2n) is 3.92. The number of furan rings is 1. The lowest BCUT2D eigenvalue weighted by atomic mass is 10.1. The molecular formula is C12H8ClNO3. The number of fused-ring (bicyclic) bond motifs is 3. The van der Waals surface area contributed by atoms with Gasteiger partial charge in [-0.15, -0.1) is 0 Å². The zero-order chi connectivity index (χ0) is 12.0. The van der Waals surface area contributed by atoms with Gasteiger partial charge in [-0.2, -0.15) is 0 Å². The monoisotopic (exact) mass is 249 g/mol. The van der Waals surface area contributed by atoms with Crippen molar-refractivity contribution in [2.75, 3.05) is 5.32 Å². The Morgan fingerprint density at radius 1 is 1.24 bits per heavy atom. The van der Waals surface area contributed by atoms with Crippen molar-refractivity contribution in [2.24, 2.45) is 0 Å². The minimum atomic E-state index is -0.181. The molecule has 0 radical (unpaired) electrons. The van der Waals surface area contributed by atoms with Crippen LogP contribution in [0.15, 0.2) is 22.6 Å². The Morgan fingerprint density at radius 3 is 2.88 bits per heavy atom. The first kappa shape index (κ1) is 10.4. The molecule has 0 saturated heterocycles. The fraction of sp³-hybridized carbons (Fsp3) is 0.167. The summed E-state index contributed by atoms with van der Waals surface area (Å²) in [5.41, 5.74) is 0.991. The number of halogens is 1. The van der Waals surface area contributed by atoms with Gasteiger partial charge < -0.3 is 9.73 Å². The van der Waals surface area contributed by atoms with Crippen LogP contribution in [0.2, 0.25) is 5.02 Å². The Bertz CT molecular complexity index is 644. The lowest BCUT2D eigenvalue weighted by Gasteiger charge is -1.99. The molecule has 0 atom stereocenters. The van der Waals surface area contributed by atoms with Gasteiger partial charge in [-0.25, -0.2) is 0 Å². The van der Waals surface area contributed by atoms with Gasteiger partial charge in [-0.1, -0.05) is 11.6 Å². The van der Waals surface area contributed by atoms with Gasteiger partial charge in [0.2, 0.25) is 11.7 Å². The lowest BCUT2D eigenvalue weighted by Crippen LogP contribution is -2.08. The van der Waals surface area contributed by atoms with E-state index in [0.717, 1.165) is 0 Å². The largest absolute Gasteiger partial charge is 0.451 e. The number of anilines is 1. The molecule has 1 amide bonds. The van der Waals surface area contributed by atoms with Gasteiger partial charge in [0.25, 0.3) is 0 Å². The molecule has 1 aliphatic heterocycles. The summed E-state index contributed by atoms with van der Waals surface area (Å²) in [5.74, 6) is -0.126. The molecule has 86 valence electrons. The highest BCUT2D eigenvalue weighted by molar-refractivity contribution is 6.31. The molecule has 1 N–H and O–H groups in total. The van der Waals surface area contributed by atoms with Crippen molar-refractivity contribution in [1.82, 2.24) is 0 Å². The summed E-state index contributed by atoms with van der Waals surface area (Å²) in [4.78, 5) is 23.3. The van der Waals surface area contributed by atoms with E-state index in [2.05, 4.69) is 5.32 Å². The summed E-state index contributed by atoms with van der Waals surface area (Å²) in [6.07, 6.45) is 0.359. The van der Waals surface area contributed by atoms with E-state index < -0.39 is 0 Å². The van der Waals surface area contributed by atoms with E-state index in [4.69, 9.17) is 16.0 Å². The first-order valence-corrected chi connectivity index (χ1v) is 5.58. The molecule has 2 heterocycles. The second kappa shape index (κ2) is 3.60. The number of hydrogen-bond donors (Lipinski definition) is 1. The van der Waals surface area contributed by atoms with E-state index in [9.17, 15) is 9.59 Å². The maximum absolute atomic E-state index is 11.8. The average Bonchev–Trinajstić information content (AvgIpc) is 2.58. The van der Waals surface area contributed by atoms with Crippen molar-refractivity contribution < 1.29 is 14.0 Å². The summed E-state index contributed by atoms with van der Waals surface area (Å²) in [7, 11) is 0. The van der Waals surface area contributed by atoms with Gasteiger partial charge in [-0.05, 0) is 18.2 Å². The first-order chi connectivity index (χ1) is 8.15. The van der Waals surface area contributed by atoms with E-state index in [1.165, 1.54) is 0 Å². The zero-order valence-electron chi connectivity index (χ0n) is 8.75. The van der Waals surface area contributed by atoms with Gasteiger partial charge in [0.15, 0.2) is 5.76 Å². The van der Waals surface area contributed by atoms with E-state index >= 15 is 0 Å². The maximum Gasteiger partial charge on any atom is 0.224 e. The van der Waals surface area contributed by atoms with Crippen LogP contribution in [0.3, 0.4) is 0 Å². The van der Waals surface area contributed by atoms with Crippen molar-refractivity contribution in [2.45, 2.75) is 12.8 Å². The average molecular weight is 250 g/mol. The Morgan fingerprint density at radius 2 is 2.06 bits per heavy atom. The Labute approximate surface area is 102 Å². The molecule has 2 aromatic rings. The van der Waals surface area contributed by atoms with Crippen molar-refractivity contribution in [3.05, 3.63) is 29.0 Å². The minimum absolute atomic E-state index is 0.161. The molecular weight excluding hydrogens is 242 g/mol. The molecule has 0 unspecified atom stereocenters. The number of carbonyl (C=O) groups is 2. The number of benzene rings is 1. The zero-order valence-corrected chi connectivity index (χ0v) is 9.50. The normalized spacial score (nSPS) is 15.6. The first-order valence-electron chi connectivity index (χ1n) is 5.20. The summed E-state index contributed by atoms with van der Waals surface area (Å²) in [6, 6.07) is 5.04. The van der Waals surface area contributed by atoms with E-state index in [-0.39, 0.29) is 30.3 Å². The van der Waals surface area contributed by atoms with Crippen LogP contribution < -0.4 is 5.32 Å². The van der Waals surface area contributed by atoms with Crippen molar-refractivity contribution >= 4 is 39.9 Å². The summed E-state index contributed by atoms with van der Waals surface area (Å²) >= 11 is 5.89. The predicted molar refractivity (Wildman–Crippen MR) is 63.4 cm³/mol.